The molecule has 0 aliphatic carbocycles. The van der Waals surface area contributed by atoms with E-state index in [0.717, 1.165) is 12.8 Å². The standard InChI is InChI=1S/C15H20N2O4/c18-14-8-11(10-17(14)12-3-6-20-7-4-12)15(19)16-9-13-2-1-5-21-13/h1-2,5,11-12H,3-4,6-10H2,(H,16,19). The summed E-state index contributed by atoms with van der Waals surface area (Å²) in [6.07, 6.45) is 3.62. The smallest absolute Gasteiger partial charge is 0.225 e. The van der Waals surface area contributed by atoms with E-state index in [9.17, 15) is 9.59 Å². The zero-order valence-electron chi connectivity index (χ0n) is 11.9. The van der Waals surface area contributed by atoms with Crippen LogP contribution < -0.4 is 5.32 Å². The van der Waals surface area contributed by atoms with Crippen LogP contribution in [0.2, 0.25) is 0 Å². The van der Waals surface area contributed by atoms with Gasteiger partial charge in [0.15, 0.2) is 0 Å². The van der Waals surface area contributed by atoms with E-state index in [1.165, 1.54) is 0 Å². The molecule has 1 aromatic rings. The molecule has 2 saturated heterocycles. The first-order valence-corrected chi connectivity index (χ1v) is 7.41. The van der Waals surface area contributed by atoms with Crippen LogP contribution in [-0.4, -0.2) is 42.5 Å². The molecule has 0 bridgehead atoms. The van der Waals surface area contributed by atoms with Crippen molar-refractivity contribution in [3.63, 3.8) is 0 Å². The lowest BCUT2D eigenvalue weighted by molar-refractivity contribution is -0.131. The van der Waals surface area contributed by atoms with Crippen molar-refractivity contribution in [2.24, 2.45) is 5.92 Å². The van der Waals surface area contributed by atoms with Gasteiger partial charge in [0.1, 0.15) is 5.76 Å². The fourth-order valence-corrected chi connectivity index (χ4v) is 2.99. The average molecular weight is 292 g/mol. The van der Waals surface area contributed by atoms with Gasteiger partial charge in [0, 0.05) is 32.2 Å². The highest BCUT2D eigenvalue weighted by molar-refractivity contribution is 5.89. The number of nitrogens with zero attached hydrogens (tertiary/aromatic N) is 1. The quantitative estimate of drug-likeness (QED) is 0.896. The zero-order valence-corrected chi connectivity index (χ0v) is 11.9. The molecule has 2 amide bonds. The summed E-state index contributed by atoms with van der Waals surface area (Å²) >= 11 is 0. The summed E-state index contributed by atoms with van der Waals surface area (Å²) in [6.45, 7) is 2.29. The number of hydrogen-bond donors (Lipinski definition) is 1. The van der Waals surface area contributed by atoms with Gasteiger partial charge in [0.2, 0.25) is 11.8 Å². The predicted molar refractivity (Wildman–Crippen MR) is 74.2 cm³/mol. The number of hydrogen-bond acceptors (Lipinski definition) is 4. The van der Waals surface area contributed by atoms with Crippen molar-refractivity contribution in [3.05, 3.63) is 24.2 Å². The lowest BCUT2D eigenvalue weighted by atomic mass is 10.1. The van der Waals surface area contributed by atoms with Crippen molar-refractivity contribution in [1.82, 2.24) is 10.2 Å². The number of amides is 2. The Labute approximate surface area is 123 Å². The molecule has 0 radical (unpaired) electrons. The van der Waals surface area contributed by atoms with Gasteiger partial charge in [0.25, 0.3) is 0 Å². The fourth-order valence-electron chi connectivity index (χ4n) is 2.99. The molecule has 6 heteroatoms. The van der Waals surface area contributed by atoms with Crippen LogP contribution in [0.1, 0.15) is 25.0 Å². The zero-order chi connectivity index (χ0) is 14.7. The summed E-state index contributed by atoms with van der Waals surface area (Å²) in [4.78, 5) is 26.1. The number of rotatable bonds is 4. The summed E-state index contributed by atoms with van der Waals surface area (Å²) < 4.78 is 10.5. The van der Waals surface area contributed by atoms with Crippen LogP contribution >= 0.6 is 0 Å². The maximum Gasteiger partial charge on any atom is 0.225 e. The normalized spacial score (nSPS) is 23.5. The molecule has 2 fully saturated rings. The molecule has 1 atom stereocenters. The number of furan rings is 1. The van der Waals surface area contributed by atoms with Crippen molar-refractivity contribution in [2.75, 3.05) is 19.8 Å². The SMILES string of the molecule is O=C(NCc1ccco1)C1CC(=O)N(C2CCOCC2)C1. The molecular formula is C15H20N2O4. The highest BCUT2D eigenvalue weighted by Crippen LogP contribution is 2.25. The Morgan fingerprint density at radius 2 is 2.19 bits per heavy atom. The minimum absolute atomic E-state index is 0.0747. The van der Waals surface area contributed by atoms with Crippen LogP contribution in [0.4, 0.5) is 0 Å². The molecule has 3 rings (SSSR count). The molecule has 0 saturated carbocycles. The lowest BCUT2D eigenvalue weighted by Crippen LogP contribution is -2.41. The Morgan fingerprint density at radius 3 is 2.90 bits per heavy atom. The first-order valence-electron chi connectivity index (χ1n) is 7.41. The number of carbonyl (C=O) groups excluding carboxylic acids is 2. The van der Waals surface area contributed by atoms with Crippen molar-refractivity contribution in [3.8, 4) is 0 Å². The molecule has 114 valence electrons. The van der Waals surface area contributed by atoms with Gasteiger partial charge < -0.3 is 19.4 Å². The monoisotopic (exact) mass is 292 g/mol. The summed E-state index contributed by atoms with van der Waals surface area (Å²) in [5.74, 6) is 0.471. The number of carbonyl (C=O) groups is 2. The van der Waals surface area contributed by atoms with Gasteiger partial charge in [-0.15, -0.1) is 0 Å². The first kappa shape index (κ1) is 14.1. The number of likely N-dealkylation sites (tertiary alicyclic amines) is 1. The molecule has 2 aliphatic rings. The third kappa shape index (κ3) is 3.26. The molecule has 0 aromatic carbocycles. The van der Waals surface area contributed by atoms with Crippen LogP contribution in [-0.2, 0) is 20.9 Å². The average Bonchev–Trinajstić information content (AvgIpc) is 3.15. The van der Waals surface area contributed by atoms with E-state index in [1.54, 1.807) is 12.3 Å². The van der Waals surface area contributed by atoms with Gasteiger partial charge in [-0.3, -0.25) is 9.59 Å². The van der Waals surface area contributed by atoms with E-state index < -0.39 is 0 Å². The van der Waals surface area contributed by atoms with E-state index in [1.807, 2.05) is 11.0 Å². The Balaban J connectivity index is 1.52. The van der Waals surface area contributed by atoms with Crippen molar-refractivity contribution < 1.29 is 18.7 Å². The fraction of sp³-hybridized carbons (Fsp3) is 0.600. The first-order chi connectivity index (χ1) is 10.2. The molecule has 2 aliphatic heterocycles. The molecule has 0 spiro atoms. The van der Waals surface area contributed by atoms with Gasteiger partial charge >= 0.3 is 0 Å². The van der Waals surface area contributed by atoms with Gasteiger partial charge in [-0.1, -0.05) is 0 Å². The summed E-state index contributed by atoms with van der Waals surface area (Å²) in [5.41, 5.74) is 0. The van der Waals surface area contributed by atoms with Crippen LogP contribution in [0.3, 0.4) is 0 Å². The Kier molecular flexibility index (Phi) is 4.24. The summed E-state index contributed by atoms with van der Waals surface area (Å²) in [6, 6.07) is 3.83. The lowest BCUT2D eigenvalue weighted by Gasteiger charge is -2.31. The molecule has 1 aromatic heterocycles. The number of nitrogens with one attached hydrogen (secondary N) is 1. The van der Waals surface area contributed by atoms with Gasteiger partial charge in [-0.2, -0.15) is 0 Å². The van der Waals surface area contributed by atoms with Gasteiger partial charge in [-0.05, 0) is 25.0 Å². The second-order valence-corrected chi connectivity index (χ2v) is 5.59. The maximum absolute atomic E-state index is 12.2. The van der Waals surface area contributed by atoms with Crippen LogP contribution in [0.25, 0.3) is 0 Å². The second kappa shape index (κ2) is 6.30. The number of ether oxygens (including phenoxy) is 1. The van der Waals surface area contributed by atoms with Crippen molar-refractivity contribution in [1.29, 1.82) is 0 Å². The Hall–Kier alpha value is -1.82. The summed E-state index contributed by atoms with van der Waals surface area (Å²) in [5, 5.41) is 2.83. The Morgan fingerprint density at radius 1 is 1.38 bits per heavy atom. The predicted octanol–water partition coefficient (Wildman–Crippen LogP) is 0.923. The molecule has 21 heavy (non-hydrogen) atoms. The molecule has 6 nitrogen and oxygen atoms in total. The minimum atomic E-state index is -0.254. The van der Waals surface area contributed by atoms with E-state index in [4.69, 9.17) is 9.15 Å². The van der Waals surface area contributed by atoms with E-state index in [0.29, 0.717) is 38.5 Å². The van der Waals surface area contributed by atoms with E-state index in [-0.39, 0.29) is 23.8 Å². The van der Waals surface area contributed by atoms with Crippen LogP contribution in [0, 0.1) is 5.92 Å². The van der Waals surface area contributed by atoms with Gasteiger partial charge in [0.05, 0.1) is 18.7 Å². The molecular weight excluding hydrogens is 272 g/mol. The van der Waals surface area contributed by atoms with Crippen LogP contribution in [0.5, 0.6) is 0 Å². The van der Waals surface area contributed by atoms with Crippen LogP contribution in [0.15, 0.2) is 22.8 Å². The third-order valence-electron chi connectivity index (χ3n) is 4.18. The Bertz CT molecular complexity index is 494. The minimum Gasteiger partial charge on any atom is -0.467 e. The van der Waals surface area contributed by atoms with Crippen molar-refractivity contribution >= 4 is 11.8 Å². The van der Waals surface area contributed by atoms with Crippen molar-refractivity contribution in [2.45, 2.75) is 31.8 Å². The second-order valence-electron chi connectivity index (χ2n) is 5.59. The molecule has 3 heterocycles. The topological polar surface area (TPSA) is 71.8 Å². The van der Waals surface area contributed by atoms with E-state index in [2.05, 4.69) is 5.32 Å². The molecule has 1 N–H and O–H groups in total. The highest BCUT2D eigenvalue weighted by Gasteiger charge is 2.38. The molecule has 1 unspecified atom stereocenters. The maximum atomic E-state index is 12.2. The van der Waals surface area contributed by atoms with Gasteiger partial charge in [-0.25, -0.2) is 0 Å². The summed E-state index contributed by atoms with van der Waals surface area (Å²) in [7, 11) is 0. The van der Waals surface area contributed by atoms with E-state index >= 15 is 0 Å². The highest BCUT2D eigenvalue weighted by atomic mass is 16.5. The third-order valence-corrected chi connectivity index (χ3v) is 4.18. The largest absolute Gasteiger partial charge is 0.467 e.